The van der Waals surface area contributed by atoms with E-state index in [1.54, 1.807) is 60.9 Å². The van der Waals surface area contributed by atoms with E-state index in [2.05, 4.69) is 15.6 Å². The number of aliphatic carboxylic acids is 2. The molecule has 1 unspecified atom stereocenters. The minimum Gasteiger partial charge on any atom is -0.493 e. The summed E-state index contributed by atoms with van der Waals surface area (Å²) < 4.78 is 42.6. The van der Waals surface area contributed by atoms with Gasteiger partial charge in [-0.2, -0.15) is 13.2 Å². The van der Waals surface area contributed by atoms with Crippen LogP contribution in [-0.4, -0.2) is 59.3 Å². The molecule has 0 aliphatic heterocycles. The van der Waals surface area contributed by atoms with Gasteiger partial charge in [-0.15, -0.1) is 0 Å². The van der Waals surface area contributed by atoms with Gasteiger partial charge in [-0.25, -0.2) is 10.6 Å². The maximum Gasteiger partial charge on any atom is 0.490 e. The molecule has 1 aromatic heterocycles. The summed E-state index contributed by atoms with van der Waals surface area (Å²) in [5.41, 5.74) is 2.00. The van der Waals surface area contributed by atoms with E-state index in [9.17, 15) is 32.7 Å². The molecular weight excluding hydrogens is 639 g/mol. The second kappa shape index (κ2) is 16.1. The van der Waals surface area contributed by atoms with Crippen LogP contribution in [0, 0.1) is 0 Å². The second-order valence-electron chi connectivity index (χ2n) is 10.1. The Kier molecular flexibility index (Phi) is 12.3. The zero-order valence-electron chi connectivity index (χ0n) is 25.8. The van der Waals surface area contributed by atoms with E-state index in [1.807, 2.05) is 18.2 Å². The number of carbonyl (C=O) groups is 4. The average molecular weight is 672 g/mol. The molecule has 0 spiro atoms. The molecule has 0 saturated heterocycles. The number of nitrogens with two attached hydrogens (primary N) is 1. The van der Waals surface area contributed by atoms with Crippen LogP contribution in [0.25, 0.3) is 10.8 Å². The van der Waals surface area contributed by atoms with E-state index in [4.69, 9.17) is 25.2 Å². The zero-order chi connectivity index (χ0) is 35.6. The smallest absolute Gasteiger partial charge is 0.490 e. The first-order chi connectivity index (χ1) is 22.6. The van der Waals surface area contributed by atoms with E-state index >= 15 is 0 Å². The summed E-state index contributed by atoms with van der Waals surface area (Å²) in [5, 5.41) is 25.4. The Morgan fingerprint density at radius 3 is 2.21 bits per heavy atom. The van der Waals surface area contributed by atoms with Gasteiger partial charge in [-0.05, 0) is 59.0 Å². The number of pyridine rings is 1. The van der Waals surface area contributed by atoms with Gasteiger partial charge >= 0.3 is 18.1 Å². The van der Waals surface area contributed by atoms with Crippen LogP contribution in [0.3, 0.4) is 0 Å². The number of nitrogens with zero attached hydrogens (tertiary/aromatic N) is 2. The molecule has 6 N–H and O–H groups in total. The third kappa shape index (κ3) is 9.80. The number of nitrogens with one attached hydrogen (secondary N) is 2. The van der Waals surface area contributed by atoms with Gasteiger partial charge in [-0.3, -0.25) is 24.4 Å². The molecule has 0 radical (unpaired) electrons. The molecule has 16 heteroatoms. The molecule has 48 heavy (non-hydrogen) atoms. The lowest BCUT2D eigenvalue weighted by atomic mass is 9.99. The van der Waals surface area contributed by atoms with Gasteiger partial charge in [0.05, 0.1) is 32.4 Å². The Labute approximate surface area is 272 Å². The number of hydrogen-bond acceptors (Lipinski definition) is 9. The summed E-state index contributed by atoms with van der Waals surface area (Å²) in [5.74, 6) is 2.80. The molecule has 2 amide bonds. The molecule has 254 valence electrons. The van der Waals surface area contributed by atoms with Crippen LogP contribution in [0.15, 0.2) is 79.1 Å². The highest BCUT2D eigenvalue weighted by Gasteiger charge is 2.38. The Bertz CT molecular complexity index is 1790. The van der Waals surface area contributed by atoms with Crippen molar-refractivity contribution >= 4 is 45.9 Å². The monoisotopic (exact) mass is 671 g/mol. The number of hydrogen-bond donors (Lipinski definition) is 5. The highest BCUT2D eigenvalue weighted by atomic mass is 19.4. The molecule has 0 aliphatic carbocycles. The van der Waals surface area contributed by atoms with Crippen molar-refractivity contribution in [2.75, 3.05) is 24.5 Å². The van der Waals surface area contributed by atoms with Crippen LogP contribution in [0.4, 0.5) is 24.5 Å². The molecule has 2 atom stereocenters. The minimum absolute atomic E-state index is 0.278. The molecule has 0 aliphatic rings. The third-order valence-corrected chi connectivity index (χ3v) is 6.72. The summed E-state index contributed by atoms with van der Waals surface area (Å²) in [6.07, 6.45) is -2.09. The first-order valence-electron chi connectivity index (χ1n) is 13.9. The van der Waals surface area contributed by atoms with Crippen molar-refractivity contribution in [3.63, 3.8) is 0 Å². The van der Waals surface area contributed by atoms with Crippen molar-refractivity contribution in [1.82, 2.24) is 10.3 Å². The number of anilines is 2. The summed E-state index contributed by atoms with van der Waals surface area (Å²) in [6, 6.07) is 16.9. The molecule has 0 fully saturated rings. The standard InChI is InChI=1S/C30H31N5O6.C2HF3O2/c1-18(36)33-23-6-4-5-20(13-23)25(16-28(37)38)34-30(39)29(21-8-10-26(40-2)27(15-21)41-3)35(31)24-9-7-22-17-32-12-11-19(22)14-24;3-2(4,5)1(6)7/h4-15,17,25,29H,16,31H2,1-3H3,(H,33,36)(H,34,39)(H,37,38);(H,6,7)/t25?,29-;/m1./s1. The molecule has 4 rings (SSSR count). The van der Waals surface area contributed by atoms with Crippen molar-refractivity contribution in [3.05, 3.63) is 90.3 Å². The number of carboxylic acid groups (broad SMARTS) is 2. The van der Waals surface area contributed by atoms with E-state index in [-0.39, 0.29) is 5.91 Å². The maximum atomic E-state index is 14.0. The SMILES string of the molecule is COc1ccc([C@H](C(=O)NC(CC(=O)O)c2cccc(NC(C)=O)c2)N(N)c2ccc3cnccc3c2)cc1OC.O=C(O)C(F)(F)F. The van der Waals surface area contributed by atoms with Gasteiger partial charge in [0.25, 0.3) is 0 Å². The van der Waals surface area contributed by atoms with Crippen molar-refractivity contribution in [1.29, 1.82) is 0 Å². The Hall–Kier alpha value is -5.90. The first-order valence-corrected chi connectivity index (χ1v) is 13.9. The van der Waals surface area contributed by atoms with Gasteiger partial charge in [0.2, 0.25) is 11.8 Å². The van der Waals surface area contributed by atoms with Crippen molar-refractivity contribution in [3.8, 4) is 11.5 Å². The summed E-state index contributed by atoms with van der Waals surface area (Å²) in [6.45, 7) is 1.37. The number of rotatable bonds is 11. The number of methoxy groups -OCH3 is 2. The van der Waals surface area contributed by atoms with Crippen LogP contribution in [0.2, 0.25) is 0 Å². The fourth-order valence-electron chi connectivity index (χ4n) is 4.56. The topological polar surface area (TPSA) is 193 Å². The lowest BCUT2D eigenvalue weighted by Gasteiger charge is -2.31. The van der Waals surface area contributed by atoms with Gasteiger partial charge in [0, 0.05) is 30.4 Å². The van der Waals surface area contributed by atoms with Crippen molar-refractivity contribution < 1.29 is 52.0 Å². The van der Waals surface area contributed by atoms with E-state index in [1.165, 1.54) is 26.2 Å². The average Bonchev–Trinajstić information content (AvgIpc) is 3.03. The highest BCUT2D eigenvalue weighted by molar-refractivity contribution is 5.90. The fraction of sp³-hybridized carbons (Fsp3) is 0.219. The highest BCUT2D eigenvalue weighted by Crippen LogP contribution is 2.34. The number of aromatic nitrogens is 1. The number of ether oxygens (including phenoxy) is 2. The number of alkyl halides is 3. The van der Waals surface area contributed by atoms with Gasteiger partial charge in [-0.1, -0.05) is 24.3 Å². The Balaban J connectivity index is 0.000000804. The van der Waals surface area contributed by atoms with Gasteiger partial charge < -0.3 is 30.3 Å². The zero-order valence-corrected chi connectivity index (χ0v) is 25.8. The number of halogens is 3. The molecule has 1 heterocycles. The first kappa shape index (κ1) is 36.6. The lowest BCUT2D eigenvalue weighted by Crippen LogP contribution is -2.45. The number of fused-ring (bicyclic) bond motifs is 1. The number of carbonyl (C=O) groups excluding carboxylic acids is 2. The number of carboxylic acids is 2. The summed E-state index contributed by atoms with van der Waals surface area (Å²) in [4.78, 5) is 50.4. The Morgan fingerprint density at radius 2 is 1.60 bits per heavy atom. The van der Waals surface area contributed by atoms with Gasteiger partial charge in [0.1, 0.15) is 6.04 Å². The normalized spacial score (nSPS) is 12.1. The van der Waals surface area contributed by atoms with Crippen LogP contribution >= 0.6 is 0 Å². The third-order valence-electron chi connectivity index (χ3n) is 6.72. The molecule has 0 bridgehead atoms. The molecule has 3 aromatic carbocycles. The largest absolute Gasteiger partial charge is 0.493 e. The lowest BCUT2D eigenvalue weighted by molar-refractivity contribution is -0.192. The van der Waals surface area contributed by atoms with Crippen LogP contribution in [0.1, 0.15) is 36.6 Å². The quantitative estimate of drug-likeness (QED) is 0.111. The van der Waals surface area contributed by atoms with E-state index < -0.39 is 42.5 Å². The van der Waals surface area contributed by atoms with Crippen molar-refractivity contribution in [2.45, 2.75) is 31.6 Å². The summed E-state index contributed by atoms with van der Waals surface area (Å²) >= 11 is 0. The minimum atomic E-state index is -5.08. The Morgan fingerprint density at radius 1 is 0.917 bits per heavy atom. The molecular formula is C32H32F3N5O8. The fourth-order valence-corrected chi connectivity index (χ4v) is 4.56. The van der Waals surface area contributed by atoms with Gasteiger partial charge in [0.15, 0.2) is 11.5 Å². The maximum absolute atomic E-state index is 14.0. The van der Waals surface area contributed by atoms with Crippen LogP contribution < -0.4 is 31.0 Å². The molecule has 0 saturated carbocycles. The molecule has 4 aromatic rings. The predicted octanol–water partition coefficient (Wildman–Crippen LogP) is 4.60. The molecule has 13 nitrogen and oxygen atoms in total. The van der Waals surface area contributed by atoms with Crippen LogP contribution in [0.5, 0.6) is 11.5 Å². The van der Waals surface area contributed by atoms with Crippen molar-refractivity contribution in [2.24, 2.45) is 5.84 Å². The number of benzene rings is 3. The second-order valence-corrected chi connectivity index (χ2v) is 10.1. The van der Waals surface area contributed by atoms with Crippen LogP contribution in [-0.2, 0) is 19.2 Å². The summed E-state index contributed by atoms with van der Waals surface area (Å²) in [7, 11) is 2.99. The number of amides is 2. The number of hydrazine groups is 1. The van der Waals surface area contributed by atoms with E-state index in [0.717, 1.165) is 10.8 Å². The predicted molar refractivity (Wildman–Crippen MR) is 168 cm³/mol. The van der Waals surface area contributed by atoms with E-state index in [0.29, 0.717) is 34.0 Å².